The molecule has 2 unspecified atom stereocenters. The van der Waals surface area contributed by atoms with Gasteiger partial charge in [-0.25, -0.2) is 0 Å². The molecular formula is C11H22N2. The summed E-state index contributed by atoms with van der Waals surface area (Å²) in [6.45, 7) is 5.77. The van der Waals surface area contributed by atoms with Crippen LogP contribution in [-0.4, -0.2) is 18.6 Å². The van der Waals surface area contributed by atoms with Gasteiger partial charge in [0, 0.05) is 12.1 Å². The van der Waals surface area contributed by atoms with E-state index in [1.807, 2.05) is 0 Å². The van der Waals surface area contributed by atoms with Crippen LogP contribution in [0, 0.1) is 11.3 Å². The highest BCUT2D eigenvalue weighted by Crippen LogP contribution is 2.44. The molecule has 2 saturated carbocycles. The van der Waals surface area contributed by atoms with E-state index < -0.39 is 0 Å². The predicted octanol–water partition coefficient (Wildman–Crippen LogP) is 1.50. The molecule has 0 aromatic carbocycles. The Bertz CT molecular complexity index is 183. The molecule has 0 bridgehead atoms. The van der Waals surface area contributed by atoms with Crippen molar-refractivity contribution in [1.29, 1.82) is 0 Å². The first-order chi connectivity index (χ1) is 6.09. The molecule has 0 heterocycles. The molecule has 0 aromatic rings. The van der Waals surface area contributed by atoms with E-state index in [4.69, 9.17) is 5.73 Å². The van der Waals surface area contributed by atoms with Crippen LogP contribution in [0.5, 0.6) is 0 Å². The molecule has 0 aliphatic heterocycles. The van der Waals surface area contributed by atoms with Crippen molar-refractivity contribution in [3.8, 4) is 0 Å². The van der Waals surface area contributed by atoms with Crippen LogP contribution in [0.25, 0.3) is 0 Å². The van der Waals surface area contributed by atoms with Crippen molar-refractivity contribution < 1.29 is 0 Å². The maximum Gasteiger partial charge on any atom is 0.0124 e. The normalized spacial score (nSPS) is 33.0. The fourth-order valence-electron chi connectivity index (χ4n) is 2.00. The first-order valence-electron chi connectivity index (χ1n) is 5.58. The van der Waals surface area contributed by atoms with Crippen LogP contribution in [0.4, 0.5) is 0 Å². The standard InChI is InChI=1S/C11H22N2/c1-11(2)7-10(11)13-6-5-9(12)8-3-4-8/h8-10,13H,3-7,12H2,1-2H3. The SMILES string of the molecule is CC1(C)CC1NCCC(N)C1CC1. The fourth-order valence-corrected chi connectivity index (χ4v) is 2.00. The van der Waals surface area contributed by atoms with Gasteiger partial charge in [0.05, 0.1) is 0 Å². The first-order valence-corrected chi connectivity index (χ1v) is 5.58. The molecule has 2 fully saturated rings. The summed E-state index contributed by atoms with van der Waals surface area (Å²) in [6, 6.07) is 1.23. The summed E-state index contributed by atoms with van der Waals surface area (Å²) in [6.07, 6.45) is 5.25. The molecule has 2 nitrogen and oxygen atoms in total. The van der Waals surface area contributed by atoms with Gasteiger partial charge in [0.15, 0.2) is 0 Å². The quantitative estimate of drug-likeness (QED) is 0.676. The lowest BCUT2D eigenvalue weighted by Crippen LogP contribution is -2.30. The second-order valence-electron chi connectivity index (χ2n) is 5.49. The molecule has 2 atom stereocenters. The van der Waals surface area contributed by atoms with Gasteiger partial charge >= 0.3 is 0 Å². The monoisotopic (exact) mass is 182 g/mol. The second-order valence-corrected chi connectivity index (χ2v) is 5.49. The van der Waals surface area contributed by atoms with Gasteiger partial charge in [-0.2, -0.15) is 0 Å². The summed E-state index contributed by atoms with van der Waals surface area (Å²) in [4.78, 5) is 0. The molecule has 2 heteroatoms. The zero-order valence-electron chi connectivity index (χ0n) is 8.84. The van der Waals surface area contributed by atoms with E-state index in [0.717, 1.165) is 24.9 Å². The highest BCUT2D eigenvalue weighted by atomic mass is 15.0. The van der Waals surface area contributed by atoms with Crippen molar-refractivity contribution in [2.45, 2.75) is 51.6 Å². The van der Waals surface area contributed by atoms with Crippen molar-refractivity contribution in [3.63, 3.8) is 0 Å². The summed E-state index contributed by atoms with van der Waals surface area (Å²) in [5, 5.41) is 3.58. The number of hydrogen-bond donors (Lipinski definition) is 2. The summed E-state index contributed by atoms with van der Waals surface area (Å²) in [7, 11) is 0. The third-order valence-electron chi connectivity index (χ3n) is 3.61. The molecule has 0 amide bonds. The number of rotatable bonds is 5. The zero-order chi connectivity index (χ0) is 9.47. The average Bonchev–Trinajstić information content (AvgIpc) is 2.88. The molecule has 2 rings (SSSR count). The van der Waals surface area contributed by atoms with Crippen LogP contribution in [-0.2, 0) is 0 Å². The van der Waals surface area contributed by atoms with Gasteiger partial charge in [-0.15, -0.1) is 0 Å². The van der Waals surface area contributed by atoms with E-state index in [0.29, 0.717) is 11.5 Å². The summed E-state index contributed by atoms with van der Waals surface area (Å²) in [5.74, 6) is 0.856. The third-order valence-corrected chi connectivity index (χ3v) is 3.61. The molecule has 0 aromatic heterocycles. The molecule has 2 aliphatic rings. The van der Waals surface area contributed by atoms with Crippen LogP contribution in [0.1, 0.15) is 39.5 Å². The van der Waals surface area contributed by atoms with Gasteiger partial charge in [-0.1, -0.05) is 13.8 Å². The minimum absolute atomic E-state index is 0.467. The Balaban J connectivity index is 1.54. The van der Waals surface area contributed by atoms with Gasteiger partial charge < -0.3 is 11.1 Å². The van der Waals surface area contributed by atoms with Gasteiger partial charge in [0.25, 0.3) is 0 Å². The van der Waals surface area contributed by atoms with E-state index in [1.54, 1.807) is 0 Å². The van der Waals surface area contributed by atoms with Crippen LogP contribution < -0.4 is 11.1 Å². The molecular weight excluding hydrogens is 160 g/mol. The minimum atomic E-state index is 0.467. The Morgan fingerprint density at radius 2 is 2.08 bits per heavy atom. The molecule has 76 valence electrons. The molecule has 2 aliphatic carbocycles. The third kappa shape index (κ3) is 2.44. The Hall–Kier alpha value is -0.0800. The Morgan fingerprint density at radius 1 is 1.46 bits per heavy atom. The molecule has 0 radical (unpaired) electrons. The van der Waals surface area contributed by atoms with E-state index in [2.05, 4.69) is 19.2 Å². The Labute approximate surface area is 81.3 Å². The van der Waals surface area contributed by atoms with Crippen LogP contribution >= 0.6 is 0 Å². The number of nitrogens with one attached hydrogen (secondary N) is 1. The summed E-state index contributed by atoms with van der Waals surface area (Å²) < 4.78 is 0. The van der Waals surface area contributed by atoms with Crippen molar-refractivity contribution in [2.24, 2.45) is 17.1 Å². The smallest absolute Gasteiger partial charge is 0.0124 e. The topological polar surface area (TPSA) is 38.0 Å². The summed E-state index contributed by atoms with van der Waals surface area (Å²) >= 11 is 0. The fraction of sp³-hybridized carbons (Fsp3) is 1.00. The molecule has 0 saturated heterocycles. The largest absolute Gasteiger partial charge is 0.327 e. The Morgan fingerprint density at radius 3 is 2.54 bits per heavy atom. The highest BCUT2D eigenvalue weighted by molar-refractivity contribution is 5.01. The van der Waals surface area contributed by atoms with Crippen LogP contribution in [0.3, 0.4) is 0 Å². The maximum absolute atomic E-state index is 6.01. The average molecular weight is 182 g/mol. The lowest BCUT2D eigenvalue weighted by Gasteiger charge is -2.11. The van der Waals surface area contributed by atoms with Crippen molar-refractivity contribution in [2.75, 3.05) is 6.54 Å². The van der Waals surface area contributed by atoms with Gasteiger partial charge in [-0.3, -0.25) is 0 Å². The molecule has 13 heavy (non-hydrogen) atoms. The van der Waals surface area contributed by atoms with E-state index in [-0.39, 0.29) is 0 Å². The second kappa shape index (κ2) is 3.25. The first kappa shape index (κ1) is 9.47. The lowest BCUT2D eigenvalue weighted by atomic mass is 10.1. The highest BCUT2D eigenvalue weighted by Gasteiger charge is 2.45. The van der Waals surface area contributed by atoms with E-state index in [9.17, 15) is 0 Å². The number of hydrogen-bond acceptors (Lipinski definition) is 2. The van der Waals surface area contributed by atoms with Crippen molar-refractivity contribution in [1.82, 2.24) is 5.32 Å². The predicted molar refractivity (Wildman–Crippen MR) is 55.5 cm³/mol. The zero-order valence-corrected chi connectivity index (χ0v) is 8.84. The lowest BCUT2D eigenvalue weighted by molar-refractivity contribution is 0.486. The number of nitrogens with two attached hydrogens (primary N) is 1. The van der Waals surface area contributed by atoms with Gasteiger partial charge in [0.2, 0.25) is 0 Å². The molecule has 0 spiro atoms. The molecule has 3 N–H and O–H groups in total. The van der Waals surface area contributed by atoms with Crippen LogP contribution in [0.2, 0.25) is 0 Å². The summed E-state index contributed by atoms with van der Waals surface area (Å²) in [5.41, 5.74) is 6.57. The van der Waals surface area contributed by atoms with Crippen LogP contribution in [0.15, 0.2) is 0 Å². The van der Waals surface area contributed by atoms with Crippen molar-refractivity contribution in [3.05, 3.63) is 0 Å². The minimum Gasteiger partial charge on any atom is -0.327 e. The van der Waals surface area contributed by atoms with Gasteiger partial charge in [0.1, 0.15) is 0 Å². The van der Waals surface area contributed by atoms with Gasteiger partial charge in [-0.05, 0) is 43.6 Å². The van der Waals surface area contributed by atoms with E-state index >= 15 is 0 Å². The maximum atomic E-state index is 6.01. The Kier molecular flexibility index (Phi) is 2.37. The van der Waals surface area contributed by atoms with E-state index in [1.165, 1.54) is 19.3 Å². The van der Waals surface area contributed by atoms with Crippen molar-refractivity contribution >= 4 is 0 Å².